The summed E-state index contributed by atoms with van der Waals surface area (Å²) in [6, 6.07) is 58.1. The maximum atomic E-state index is 13.3. The molecule has 0 saturated carbocycles. The Morgan fingerprint density at radius 1 is 0.312 bits per heavy atom. The van der Waals surface area contributed by atoms with Gasteiger partial charge in [-0.05, 0) is 201 Å². The summed E-state index contributed by atoms with van der Waals surface area (Å²) in [6.07, 6.45) is -7.25. The summed E-state index contributed by atoms with van der Waals surface area (Å²) in [5.41, 5.74) is 13.5. The number of methoxy groups -OCH3 is 2. The maximum Gasteiger partial charge on any atom is 0.743 e. The summed E-state index contributed by atoms with van der Waals surface area (Å²) in [5, 5.41) is 15.4. The van der Waals surface area contributed by atoms with Gasteiger partial charge in [0.05, 0.1) is 49.1 Å². The first-order valence-corrected chi connectivity index (χ1v) is 47.0. The van der Waals surface area contributed by atoms with Gasteiger partial charge in [0.1, 0.15) is 96.1 Å². The normalized spacial score (nSPS) is 11.1. The molecule has 16 rings (SSSR count). The zero-order valence-electron chi connectivity index (χ0n) is 71.0. The van der Waals surface area contributed by atoms with Gasteiger partial charge in [0.2, 0.25) is 0 Å². The number of rotatable bonds is 28. The summed E-state index contributed by atoms with van der Waals surface area (Å²) in [5.74, 6) is 5.37. The number of aryl methyl sites for hydroxylation is 10. The number of alkyl halides is 6. The highest BCUT2D eigenvalue weighted by atomic mass is 27.3. The average Bonchev–Trinajstić information content (AvgIpc) is 0.781. The van der Waals surface area contributed by atoms with Crippen molar-refractivity contribution in [2.45, 2.75) is 94.4 Å². The van der Waals surface area contributed by atoms with Crippen LogP contribution in [0, 0.1) is 73.3 Å². The van der Waals surface area contributed by atoms with Crippen LogP contribution in [0.4, 0.5) is 32.0 Å². The third-order valence-electron chi connectivity index (χ3n) is 19.4. The summed E-state index contributed by atoms with van der Waals surface area (Å²) < 4.78 is 159. The number of pyridine rings is 8. The molecule has 0 aliphatic heterocycles. The predicted molar refractivity (Wildman–Crippen MR) is 480 cm³/mol. The van der Waals surface area contributed by atoms with Crippen molar-refractivity contribution < 1.29 is 77.5 Å². The van der Waals surface area contributed by atoms with Gasteiger partial charge in [-0.15, -0.1) is 0 Å². The van der Waals surface area contributed by atoms with Gasteiger partial charge >= 0.3 is 139 Å². The van der Waals surface area contributed by atoms with Gasteiger partial charge in [-0.2, -0.15) is 31.6 Å². The molecule has 38 heteroatoms. The smallest absolute Gasteiger partial charge is 0.626 e. The average molecular weight is 1850 g/mol. The van der Waals surface area contributed by atoms with Crippen LogP contribution in [-0.2, 0) is 36.6 Å². The maximum absolute atomic E-state index is 13.3. The Morgan fingerprint density at radius 3 is 0.961 bits per heavy atom. The van der Waals surface area contributed by atoms with E-state index in [2.05, 4.69) is 88.9 Å². The van der Waals surface area contributed by atoms with Crippen molar-refractivity contribution in [3.8, 4) is 63.6 Å². The van der Waals surface area contributed by atoms with Crippen LogP contribution in [0.25, 0.3) is 92.1 Å². The van der Waals surface area contributed by atoms with Crippen molar-refractivity contribution in [2.75, 3.05) is 14.2 Å². The van der Waals surface area contributed by atoms with Gasteiger partial charge in [-0.25, -0.2) is 39.7 Å². The first-order valence-electron chi connectivity index (χ1n) is 39.4. The Bertz CT molecular complexity index is 6280. The van der Waals surface area contributed by atoms with E-state index in [9.17, 15) is 31.6 Å². The van der Waals surface area contributed by atoms with Crippen LogP contribution in [-0.4, -0.2) is 181 Å². The second kappa shape index (κ2) is 44.3. The van der Waals surface area contributed by atoms with Gasteiger partial charge in [-0.1, -0.05) is 74.5 Å². The van der Waals surface area contributed by atoms with Crippen LogP contribution in [0.1, 0.15) is 87.2 Å². The monoisotopic (exact) mass is 1850 g/mol. The topological polar surface area (TPSA) is 260 Å². The van der Waals surface area contributed by atoms with Gasteiger partial charge in [-0.3, -0.25) is 4.98 Å². The molecule has 0 fully saturated rings. The van der Waals surface area contributed by atoms with Crippen LogP contribution in [0.3, 0.4) is 0 Å². The first kappa shape index (κ1) is 95.3. The van der Waals surface area contributed by atoms with Gasteiger partial charge < -0.3 is 51.1 Å². The van der Waals surface area contributed by atoms with E-state index in [-0.39, 0.29) is 33.3 Å². The summed E-state index contributed by atoms with van der Waals surface area (Å²) >= 11 is -7.26. The van der Waals surface area contributed by atoms with Crippen LogP contribution < -0.4 is 39.8 Å². The Morgan fingerprint density at radius 2 is 0.609 bits per heavy atom. The lowest BCUT2D eigenvalue weighted by atomic mass is 10.1. The van der Waals surface area contributed by atoms with Crippen molar-refractivity contribution in [1.29, 1.82) is 5.26 Å². The molecule has 0 unspecified atom stereocenters. The molecular formula is C90H72Al8F6N10O14. The molecule has 128 heavy (non-hydrogen) atoms. The molecule has 0 saturated heterocycles. The van der Waals surface area contributed by atoms with Crippen LogP contribution >= 0.6 is 0 Å². The minimum Gasteiger partial charge on any atom is -0.626 e. The van der Waals surface area contributed by atoms with E-state index in [4.69, 9.17) is 57.7 Å². The van der Waals surface area contributed by atoms with Crippen molar-refractivity contribution in [2.24, 2.45) is 0 Å². The quantitative estimate of drug-likeness (QED) is 0.0191. The third kappa shape index (κ3) is 24.0. The zero-order valence-corrected chi connectivity index (χ0v) is 80.2. The Hall–Kier alpha value is -10.3. The minimum atomic E-state index is -4.59. The number of halogens is 6. The van der Waals surface area contributed by atoms with Crippen molar-refractivity contribution in [3.05, 3.63) is 279 Å². The molecule has 0 amide bonds. The largest absolute Gasteiger partial charge is 0.743 e. The van der Waals surface area contributed by atoms with Crippen LogP contribution in [0.2, 0.25) is 0 Å². The SMILES string of the molecule is CCc1cc(C)nc2c([O][Al][O][Al][O]c3cccc4c(CC)cc(C)nc34)cccc12.COc1cc(C)nc2c([O][Al][O][Al][O]c3cccc4c(OC)cc(C)nc34)cccc12.Cc1ccc2cc(C(F)(F)F)cc([O][Al][O][Al][O]c3cc(C(F)(F)F)cc4ccc(C)nc34)c2n1.[C-]#[N+]c1ccc([O][Al][O][Al][O]c2ccc(C#N)c3ccc(C)nc23)c2nc(C)ccc12. The summed E-state index contributed by atoms with van der Waals surface area (Å²) in [4.78, 5) is 39.6. The van der Waals surface area contributed by atoms with E-state index in [1.165, 1.54) is 23.3 Å². The molecule has 24 nitrogen and oxygen atoms in total. The van der Waals surface area contributed by atoms with E-state index >= 15 is 0 Å². The number of benzene rings is 8. The Labute approximate surface area is 786 Å². The van der Waals surface area contributed by atoms with E-state index in [0.717, 1.165) is 149 Å². The molecule has 0 atom stereocenters. The first-order chi connectivity index (χ1) is 61.7. The zero-order chi connectivity index (χ0) is 90.8. The molecule has 16 aromatic rings. The summed E-state index contributed by atoms with van der Waals surface area (Å²) in [7, 11) is 3.30. The molecule has 8 aromatic heterocycles. The predicted octanol–water partition coefficient (Wildman–Crippen LogP) is 19.4. The number of hydrogen-bond donors (Lipinski definition) is 0. The Kier molecular flexibility index (Phi) is 33.0. The highest BCUT2D eigenvalue weighted by molar-refractivity contribution is 6.37. The molecule has 8 aromatic carbocycles. The number of fused-ring (bicyclic) bond motifs is 8. The number of hydrogen-bond acceptors (Lipinski definition) is 23. The molecule has 0 aliphatic rings. The number of para-hydroxylation sites is 4. The van der Waals surface area contributed by atoms with Gasteiger partial charge in [0.15, 0.2) is 5.69 Å². The van der Waals surface area contributed by atoms with Gasteiger partial charge in [0, 0.05) is 101 Å². The number of nitriles is 1. The highest BCUT2D eigenvalue weighted by Crippen LogP contribution is 2.41. The molecule has 632 valence electrons. The second-order valence-electron chi connectivity index (χ2n) is 28.5. The lowest BCUT2D eigenvalue weighted by molar-refractivity contribution is -0.138. The number of nitrogens with zero attached hydrogens (tertiary/aromatic N) is 10. The molecule has 0 aliphatic carbocycles. The molecular weight excluding hydrogens is 1770 g/mol. The van der Waals surface area contributed by atoms with E-state index in [0.29, 0.717) is 56.7 Å². The van der Waals surface area contributed by atoms with Crippen molar-refractivity contribution >= 4 is 220 Å². The molecule has 0 spiro atoms. The number of aromatic nitrogens is 8. The fourth-order valence-corrected chi connectivity index (χ4v) is 18.4. The lowest BCUT2D eigenvalue weighted by Crippen LogP contribution is -2.17. The minimum absolute atomic E-state index is 0.102. The third-order valence-corrected chi connectivity index (χ3v) is 25.8. The van der Waals surface area contributed by atoms with E-state index in [1.807, 2.05) is 139 Å². The highest BCUT2D eigenvalue weighted by Gasteiger charge is 2.34. The lowest BCUT2D eigenvalue weighted by Gasteiger charge is -2.15. The Balaban J connectivity index is 0.000000146. The van der Waals surface area contributed by atoms with E-state index in [1.54, 1.807) is 64.5 Å². The fraction of sp³-hybridized carbons (Fsp3) is 0.178. The second-order valence-corrected chi connectivity index (χ2v) is 36.2. The van der Waals surface area contributed by atoms with Crippen molar-refractivity contribution in [3.63, 3.8) is 0 Å². The molecule has 0 N–H and O–H groups in total. The van der Waals surface area contributed by atoms with Crippen LogP contribution in [0.15, 0.2) is 194 Å². The fourth-order valence-electron chi connectivity index (χ4n) is 13.6. The van der Waals surface area contributed by atoms with Crippen LogP contribution in [0.5, 0.6) is 57.5 Å². The molecule has 8 heterocycles. The van der Waals surface area contributed by atoms with Crippen molar-refractivity contribution in [1.82, 2.24) is 39.9 Å². The molecule has 8 radical (unpaired) electrons. The van der Waals surface area contributed by atoms with Gasteiger partial charge in [0.25, 0.3) is 0 Å². The molecule has 0 bridgehead atoms. The summed E-state index contributed by atoms with van der Waals surface area (Å²) in [6.45, 7) is 26.7. The standard InChI is InChI=1S/2C12H13NO.2C11H8F3NO.2C11H8N2O.2C11H11NO2.8Al.4O/c2*1-3-9-7-8(2)13-12-10(9)5-4-6-11(12)14;2*1-6-2-3-7-4-8(11(12,13)14)5-9(16)10(7)15-6;1-7-3-4-8-9(12-2)5-6-10(14)11(8)13-7;1-7-2-4-9-8(6-12)3-5-10(14)11(9)13-7;2*1-7-6-10(14-2)8-4-3-5-9(13)11(8)12-7;;;;;;;;;;;;/h2*4-7,14H,3H2,1-2H3;2*2-5,16H,1H3;3-6,14H,1H3;2-5,14H,1H3;2*3-6,13H,1-2H3;;;;;;;;;;;;/q;;;;;;;;8*+1;;;;/p-8. The van der Waals surface area contributed by atoms with E-state index < -0.39 is 151 Å². The number of ether oxygens (including phenoxy) is 2.